The average molecular weight is 399 g/mol. The molecule has 1 heterocycles. The van der Waals surface area contributed by atoms with E-state index in [-0.39, 0.29) is 5.82 Å². The Hall–Kier alpha value is -2.28. The van der Waals surface area contributed by atoms with Crippen LogP contribution in [0.25, 0.3) is 10.8 Å². The van der Waals surface area contributed by atoms with Crippen molar-refractivity contribution >= 4 is 20.8 Å². The van der Waals surface area contributed by atoms with Crippen molar-refractivity contribution in [1.29, 1.82) is 0 Å². The molecular formula is C22H23FN2O2S. The molecule has 3 aromatic rings. The van der Waals surface area contributed by atoms with Gasteiger partial charge in [-0.3, -0.25) is 0 Å². The number of fused-ring (bicyclic) bond motifs is 1. The Bertz CT molecular complexity index is 1050. The van der Waals surface area contributed by atoms with Crippen molar-refractivity contribution in [3.05, 3.63) is 78.1 Å². The topological polar surface area (TPSA) is 40.6 Å². The molecule has 0 aromatic heterocycles. The van der Waals surface area contributed by atoms with Gasteiger partial charge in [0, 0.05) is 38.1 Å². The van der Waals surface area contributed by atoms with E-state index in [0.717, 1.165) is 29.3 Å². The van der Waals surface area contributed by atoms with Crippen molar-refractivity contribution in [3.63, 3.8) is 0 Å². The maximum atomic E-state index is 13.2. The fourth-order valence-electron chi connectivity index (χ4n) is 3.69. The normalized spacial score (nSPS) is 16.5. The molecule has 1 aliphatic rings. The van der Waals surface area contributed by atoms with Gasteiger partial charge in [-0.15, -0.1) is 0 Å². The number of sulfonamides is 1. The van der Waals surface area contributed by atoms with E-state index < -0.39 is 10.0 Å². The van der Waals surface area contributed by atoms with E-state index in [1.807, 2.05) is 30.3 Å². The first-order chi connectivity index (χ1) is 13.5. The van der Waals surface area contributed by atoms with Crippen molar-refractivity contribution < 1.29 is 12.8 Å². The molecule has 0 spiro atoms. The molecule has 1 saturated heterocycles. The van der Waals surface area contributed by atoms with Crippen molar-refractivity contribution in [3.8, 4) is 0 Å². The first kappa shape index (κ1) is 19.1. The molecule has 4 rings (SSSR count). The smallest absolute Gasteiger partial charge is 0.243 e. The summed E-state index contributed by atoms with van der Waals surface area (Å²) in [5.41, 5.74) is 1.09. The van der Waals surface area contributed by atoms with Crippen LogP contribution >= 0.6 is 0 Å². The van der Waals surface area contributed by atoms with E-state index in [9.17, 15) is 12.8 Å². The summed E-state index contributed by atoms with van der Waals surface area (Å²) in [5, 5.41) is 1.70. The van der Waals surface area contributed by atoms with Crippen LogP contribution in [-0.4, -0.2) is 50.3 Å². The number of halogens is 1. The first-order valence-electron chi connectivity index (χ1n) is 9.49. The number of nitrogens with zero attached hydrogens (tertiary/aromatic N) is 2. The van der Waals surface area contributed by atoms with E-state index in [0.29, 0.717) is 31.1 Å². The molecule has 0 unspecified atom stereocenters. The minimum absolute atomic E-state index is 0.226. The second-order valence-corrected chi connectivity index (χ2v) is 9.01. The zero-order valence-corrected chi connectivity index (χ0v) is 16.4. The van der Waals surface area contributed by atoms with Gasteiger partial charge in [0.2, 0.25) is 10.0 Å². The van der Waals surface area contributed by atoms with Gasteiger partial charge in [-0.1, -0.05) is 48.5 Å². The third kappa shape index (κ3) is 3.94. The molecule has 0 atom stereocenters. The SMILES string of the molecule is O=S(=O)(c1cccc2ccccc12)N1CCN(CCc2ccc(F)cc2)CC1. The van der Waals surface area contributed by atoms with Gasteiger partial charge in [-0.05, 0) is 35.6 Å². The largest absolute Gasteiger partial charge is 0.300 e. The summed E-state index contributed by atoms with van der Waals surface area (Å²) >= 11 is 0. The van der Waals surface area contributed by atoms with Crippen LogP contribution < -0.4 is 0 Å². The lowest BCUT2D eigenvalue weighted by Gasteiger charge is -2.34. The standard InChI is InChI=1S/C22H23FN2O2S/c23-20-10-8-18(9-11-20)12-13-24-14-16-25(17-15-24)28(26,27)22-7-3-5-19-4-1-2-6-21(19)22/h1-11H,12-17H2. The van der Waals surface area contributed by atoms with E-state index in [1.54, 1.807) is 28.6 Å². The molecule has 6 heteroatoms. The summed E-state index contributed by atoms with van der Waals surface area (Å²) in [6.07, 6.45) is 0.830. The Morgan fingerprint density at radius 2 is 1.50 bits per heavy atom. The highest BCUT2D eigenvalue weighted by Gasteiger charge is 2.29. The molecule has 4 nitrogen and oxygen atoms in total. The molecule has 0 bridgehead atoms. The van der Waals surface area contributed by atoms with Gasteiger partial charge in [0.05, 0.1) is 4.90 Å². The third-order valence-electron chi connectivity index (χ3n) is 5.33. The highest BCUT2D eigenvalue weighted by Crippen LogP contribution is 2.26. The summed E-state index contributed by atoms with van der Waals surface area (Å²) in [7, 11) is -3.52. The molecule has 3 aromatic carbocycles. The number of benzene rings is 3. The van der Waals surface area contributed by atoms with Crippen molar-refractivity contribution in [1.82, 2.24) is 9.21 Å². The van der Waals surface area contributed by atoms with Crippen LogP contribution in [0, 0.1) is 5.82 Å². The maximum absolute atomic E-state index is 13.2. The summed E-state index contributed by atoms with van der Waals surface area (Å²) in [6, 6.07) is 19.6. The third-order valence-corrected chi connectivity index (χ3v) is 7.29. The number of hydrogen-bond donors (Lipinski definition) is 0. The predicted octanol–water partition coefficient (Wildman–Crippen LogP) is 3.53. The van der Waals surface area contributed by atoms with E-state index in [1.165, 1.54) is 12.1 Å². The summed E-state index contributed by atoms with van der Waals surface area (Å²) in [6.45, 7) is 3.20. The molecule has 0 radical (unpaired) electrons. The maximum Gasteiger partial charge on any atom is 0.243 e. The highest BCUT2D eigenvalue weighted by molar-refractivity contribution is 7.89. The summed E-state index contributed by atoms with van der Waals surface area (Å²) < 4.78 is 41.0. The quantitative estimate of drug-likeness (QED) is 0.660. The fraction of sp³-hybridized carbons (Fsp3) is 0.273. The first-order valence-corrected chi connectivity index (χ1v) is 10.9. The fourth-order valence-corrected chi connectivity index (χ4v) is 5.33. The minimum Gasteiger partial charge on any atom is -0.300 e. The molecule has 0 aliphatic carbocycles. The molecule has 146 valence electrons. The van der Waals surface area contributed by atoms with E-state index in [4.69, 9.17) is 0 Å². The van der Waals surface area contributed by atoms with E-state index in [2.05, 4.69) is 4.90 Å². The van der Waals surface area contributed by atoms with Crippen LogP contribution in [0.3, 0.4) is 0 Å². The summed E-state index contributed by atoms with van der Waals surface area (Å²) in [4.78, 5) is 2.64. The average Bonchev–Trinajstić information content (AvgIpc) is 2.73. The second-order valence-electron chi connectivity index (χ2n) is 7.10. The van der Waals surface area contributed by atoms with Gasteiger partial charge >= 0.3 is 0 Å². The molecular weight excluding hydrogens is 375 g/mol. The Kier molecular flexibility index (Phi) is 5.44. The van der Waals surface area contributed by atoms with Crippen LogP contribution in [0.5, 0.6) is 0 Å². The Morgan fingerprint density at radius 3 is 2.25 bits per heavy atom. The van der Waals surface area contributed by atoms with Crippen LogP contribution in [0.2, 0.25) is 0 Å². The van der Waals surface area contributed by atoms with Crippen LogP contribution in [0.1, 0.15) is 5.56 Å². The number of piperazine rings is 1. The highest BCUT2D eigenvalue weighted by atomic mass is 32.2. The van der Waals surface area contributed by atoms with Gasteiger partial charge in [-0.2, -0.15) is 4.31 Å². The van der Waals surface area contributed by atoms with Crippen molar-refractivity contribution in [2.24, 2.45) is 0 Å². The monoisotopic (exact) mass is 398 g/mol. The summed E-state index contributed by atoms with van der Waals surface area (Å²) in [5.74, 6) is -0.226. The predicted molar refractivity (Wildman–Crippen MR) is 109 cm³/mol. The molecule has 1 fully saturated rings. The molecule has 28 heavy (non-hydrogen) atoms. The van der Waals surface area contributed by atoms with Gasteiger partial charge in [0.15, 0.2) is 0 Å². The lowest BCUT2D eigenvalue weighted by Crippen LogP contribution is -2.49. The lowest BCUT2D eigenvalue weighted by molar-refractivity contribution is 0.190. The molecule has 1 aliphatic heterocycles. The molecule has 0 saturated carbocycles. The van der Waals surface area contributed by atoms with E-state index >= 15 is 0 Å². The van der Waals surface area contributed by atoms with Crippen molar-refractivity contribution in [2.45, 2.75) is 11.3 Å². The minimum atomic E-state index is -3.52. The Balaban J connectivity index is 1.42. The lowest BCUT2D eigenvalue weighted by atomic mass is 10.1. The van der Waals surface area contributed by atoms with Gasteiger partial charge < -0.3 is 4.90 Å². The van der Waals surface area contributed by atoms with Crippen LogP contribution in [0.15, 0.2) is 71.6 Å². The van der Waals surface area contributed by atoms with Crippen molar-refractivity contribution in [2.75, 3.05) is 32.7 Å². The molecule has 0 N–H and O–H groups in total. The second kappa shape index (κ2) is 7.99. The zero-order valence-electron chi connectivity index (χ0n) is 15.6. The molecule has 0 amide bonds. The Labute approximate surface area is 165 Å². The zero-order chi connectivity index (χ0) is 19.6. The van der Waals surface area contributed by atoms with Gasteiger partial charge in [-0.25, -0.2) is 12.8 Å². The van der Waals surface area contributed by atoms with Crippen LogP contribution in [-0.2, 0) is 16.4 Å². The van der Waals surface area contributed by atoms with Crippen LogP contribution in [0.4, 0.5) is 4.39 Å². The number of hydrogen-bond acceptors (Lipinski definition) is 3. The number of rotatable bonds is 5. The van der Waals surface area contributed by atoms with Gasteiger partial charge in [0.25, 0.3) is 0 Å². The Morgan fingerprint density at radius 1 is 0.821 bits per heavy atom. The van der Waals surface area contributed by atoms with Gasteiger partial charge in [0.1, 0.15) is 5.82 Å².